The van der Waals surface area contributed by atoms with E-state index in [1.54, 1.807) is 24.3 Å². The Kier molecular flexibility index (Phi) is 3.64. The number of fused-ring (bicyclic) bond motifs is 2. The van der Waals surface area contributed by atoms with Crippen LogP contribution in [0.25, 0.3) is 21.2 Å². The zero-order valence-corrected chi connectivity index (χ0v) is 15.8. The van der Waals surface area contributed by atoms with Gasteiger partial charge < -0.3 is 5.73 Å². The summed E-state index contributed by atoms with van der Waals surface area (Å²) >= 11 is 2.59. The van der Waals surface area contributed by atoms with Crippen molar-refractivity contribution in [2.75, 3.05) is 11.4 Å². The van der Waals surface area contributed by atoms with Crippen molar-refractivity contribution in [1.82, 2.24) is 14.6 Å². The highest BCUT2D eigenvalue weighted by Gasteiger charge is 2.35. The van der Waals surface area contributed by atoms with Gasteiger partial charge in [0.05, 0.1) is 16.1 Å². The molecule has 0 bridgehead atoms. The lowest BCUT2D eigenvalue weighted by Gasteiger charge is -2.14. The molecular weight excluding hydrogens is 398 g/mol. The summed E-state index contributed by atoms with van der Waals surface area (Å²) in [4.78, 5) is 44.4. The molecule has 0 fully saturated rings. The zero-order chi connectivity index (χ0) is 19.4. The van der Waals surface area contributed by atoms with Crippen molar-refractivity contribution in [3.8, 4) is 10.7 Å². The van der Waals surface area contributed by atoms with Gasteiger partial charge in [0.15, 0.2) is 5.82 Å². The smallest absolute Gasteiger partial charge is 0.291 e. The average molecular weight is 409 g/mol. The van der Waals surface area contributed by atoms with Crippen LogP contribution in [0.15, 0.2) is 46.6 Å². The van der Waals surface area contributed by atoms with Gasteiger partial charge in [-0.3, -0.25) is 19.3 Å². The van der Waals surface area contributed by atoms with E-state index >= 15 is 0 Å². The number of para-hydroxylation sites is 1. The van der Waals surface area contributed by atoms with E-state index in [0.29, 0.717) is 22.0 Å². The number of carbonyl (C=O) groups is 2. The molecule has 0 atom stereocenters. The van der Waals surface area contributed by atoms with E-state index in [9.17, 15) is 14.4 Å². The van der Waals surface area contributed by atoms with Crippen molar-refractivity contribution in [3.05, 3.63) is 62.2 Å². The number of primary amides is 1. The molecule has 138 valence electrons. The van der Waals surface area contributed by atoms with E-state index in [2.05, 4.69) is 10.1 Å². The van der Waals surface area contributed by atoms with E-state index in [0.717, 1.165) is 16.2 Å². The maximum Gasteiger partial charge on any atom is 0.291 e. The highest BCUT2D eigenvalue weighted by molar-refractivity contribution is 7.15. The second-order valence-electron chi connectivity index (χ2n) is 6.09. The number of rotatable bonds is 3. The summed E-state index contributed by atoms with van der Waals surface area (Å²) < 4.78 is 1.46. The fourth-order valence-corrected chi connectivity index (χ4v) is 4.86. The molecule has 0 aliphatic carbocycles. The molecule has 5 rings (SSSR count). The van der Waals surface area contributed by atoms with Crippen molar-refractivity contribution in [3.63, 3.8) is 0 Å². The van der Waals surface area contributed by atoms with Crippen LogP contribution < -0.4 is 20.7 Å². The van der Waals surface area contributed by atoms with E-state index in [1.165, 1.54) is 20.8 Å². The largest absolute Gasteiger partial charge is 0.368 e. The van der Waals surface area contributed by atoms with Gasteiger partial charge in [-0.2, -0.15) is 9.50 Å². The third kappa shape index (κ3) is 2.38. The van der Waals surface area contributed by atoms with Gasteiger partial charge in [0.2, 0.25) is 10.9 Å². The van der Waals surface area contributed by atoms with Gasteiger partial charge in [0, 0.05) is 5.56 Å². The average Bonchev–Trinajstić information content (AvgIpc) is 3.42. The zero-order valence-electron chi connectivity index (χ0n) is 14.2. The molecule has 28 heavy (non-hydrogen) atoms. The maximum atomic E-state index is 13.0. The van der Waals surface area contributed by atoms with Crippen molar-refractivity contribution in [2.45, 2.75) is 0 Å². The number of thiazole rings is 1. The van der Waals surface area contributed by atoms with Gasteiger partial charge in [-0.15, -0.1) is 16.4 Å². The number of carbonyl (C=O) groups excluding carboxylic acids is 2. The van der Waals surface area contributed by atoms with Crippen molar-refractivity contribution < 1.29 is 9.59 Å². The fraction of sp³-hybridized carbons (Fsp3) is 0.0556. The highest BCUT2D eigenvalue weighted by Crippen LogP contribution is 2.34. The number of aromatic nitrogens is 3. The molecule has 1 aliphatic heterocycles. The number of thiophene rings is 1. The van der Waals surface area contributed by atoms with Gasteiger partial charge in [0.1, 0.15) is 11.1 Å². The predicted octanol–water partition coefficient (Wildman–Crippen LogP) is 0.629. The quantitative estimate of drug-likeness (QED) is 0.534. The molecule has 4 aromatic rings. The molecule has 4 heterocycles. The summed E-state index contributed by atoms with van der Waals surface area (Å²) in [6.07, 6.45) is 0. The van der Waals surface area contributed by atoms with Crippen molar-refractivity contribution >= 4 is 50.7 Å². The van der Waals surface area contributed by atoms with Crippen LogP contribution in [0, 0.1) is 0 Å². The lowest BCUT2D eigenvalue weighted by molar-refractivity contribution is -0.119. The first-order valence-electron chi connectivity index (χ1n) is 8.22. The molecule has 0 radical (unpaired) electrons. The third-order valence-corrected chi connectivity index (χ3v) is 6.26. The molecule has 0 saturated carbocycles. The van der Waals surface area contributed by atoms with Crippen LogP contribution in [0.2, 0.25) is 0 Å². The number of nitrogens with zero attached hydrogens (tertiary/aromatic N) is 4. The molecule has 0 saturated heterocycles. The Balaban J connectivity index is 1.75. The van der Waals surface area contributed by atoms with Crippen molar-refractivity contribution in [1.29, 1.82) is 0 Å². The lowest BCUT2D eigenvalue weighted by Crippen LogP contribution is -2.37. The molecule has 2 amide bonds. The standard InChI is InChI=1S/C18H11N5O3S2/c19-12(24)8-22-10-5-2-1-4-9(10)13(16(22)25)14-17(26)23-18(28-14)20-15(21-23)11-6-3-7-27-11/h1-7H,8H2,(H2,19,24)/b14-13-. The van der Waals surface area contributed by atoms with Crippen LogP contribution in [0.1, 0.15) is 5.56 Å². The second kappa shape index (κ2) is 6.08. The minimum atomic E-state index is -0.630. The highest BCUT2D eigenvalue weighted by atomic mass is 32.1. The first kappa shape index (κ1) is 16.8. The van der Waals surface area contributed by atoms with Gasteiger partial charge in [-0.25, -0.2) is 0 Å². The van der Waals surface area contributed by atoms with Gasteiger partial charge in [-0.1, -0.05) is 35.6 Å². The van der Waals surface area contributed by atoms with Crippen LogP contribution >= 0.6 is 22.7 Å². The number of amides is 2. The van der Waals surface area contributed by atoms with Gasteiger partial charge in [0.25, 0.3) is 11.5 Å². The third-order valence-electron chi connectivity index (χ3n) is 4.36. The summed E-state index contributed by atoms with van der Waals surface area (Å²) in [5.41, 5.74) is 6.27. The summed E-state index contributed by atoms with van der Waals surface area (Å²) in [6, 6.07) is 10.8. The van der Waals surface area contributed by atoms with Crippen LogP contribution in [-0.4, -0.2) is 33.0 Å². The molecule has 8 nitrogen and oxygen atoms in total. The molecule has 10 heteroatoms. The van der Waals surface area contributed by atoms with E-state index < -0.39 is 17.4 Å². The Morgan fingerprint density at radius 3 is 2.68 bits per heavy atom. The van der Waals surface area contributed by atoms with Crippen LogP contribution in [0.4, 0.5) is 5.69 Å². The molecule has 1 aromatic carbocycles. The number of anilines is 1. The molecule has 2 N–H and O–H groups in total. The Labute approximate surface area is 165 Å². The van der Waals surface area contributed by atoms with E-state index in [1.807, 2.05) is 17.5 Å². The fourth-order valence-electron chi connectivity index (χ4n) is 3.21. The van der Waals surface area contributed by atoms with Crippen molar-refractivity contribution in [2.24, 2.45) is 5.73 Å². The number of hydrogen-bond donors (Lipinski definition) is 1. The summed E-state index contributed by atoms with van der Waals surface area (Å²) in [5.74, 6) is -0.585. The van der Waals surface area contributed by atoms with Crippen LogP contribution in [0.3, 0.4) is 0 Å². The molecule has 0 spiro atoms. The number of benzene rings is 1. The summed E-state index contributed by atoms with van der Waals surface area (Å²) in [6.45, 7) is -0.253. The second-order valence-corrected chi connectivity index (χ2v) is 8.02. The first-order valence-corrected chi connectivity index (χ1v) is 9.91. The minimum absolute atomic E-state index is 0.247. The number of nitrogens with two attached hydrogens (primary N) is 1. The Morgan fingerprint density at radius 2 is 1.96 bits per heavy atom. The van der Waals surface area contributed by atoms with Gasteiger partial charge in [-0.05, 0) is 17.5 Å². The van der Waals surface area contributed by atoms with Crippen LogP contribution in [0.5, 0.6) is 0 Å². The molecular formula is C18H11N5O3S2. The summed E-state index contributed by atoms with van der Waals surface area (Å²) in [5, 5.41) is 6.20. The maximum absolute atomic E-state index is 13.0. The Hall–Kier alpha value is -3.37. The predicted molar refractivity (Wildman–Crippen MR) is 106 cm³/mol. The minimum Gasteiger partial charge on any atom is -0.368 e. The van der Waals surface area contributed by atoms with E-state index in [-0.39, 0.29) is 16.7 Å². The topological polar surface area (TPSA) is 111 Å². The lowest BCUT2D eigenvalue weighted by atomic mass is 10.1. The van der Waals surface area contributed by atoms with Crippen LogP contribution in [-0.2, 0) is 9.59 Å². The Morgan fingerprint density at radius 1 is 1.14 bits per heavy atom. The summed E-state index contributed by atoms with van der Waals surface area (Å²) in [7, 11) is 0. The monoisotopic (exact) mass is 409 g/mol. The first-order chi connectivity index (χ1) is 13.5. The SMILES string of the molecule is NC(=O)CN1C(=O)/C(=c2\sc3nc(-c4cccs4)nn3c2=O)c2ccccc21. The Bertz CT molecular complexity index is 1370. The normalized spacial score (nSPS) is 15.4. The molecule has 0 unspecified atom stereocenters. The number of hydrogen-bond acceptors (Lipinski definition) is 7. The van der Waals surface area contributed by atoms with E-state index in [4.69, 9.17) is 5.73 Å². The molecule has 3 aromatic heterocycles. The molecule has 1 aliphatic rings. The van der Waals surface area contributed by atoms with Gasteiger partial charge >= 0.3 is 0 Å².